The Morgan fingerprint density at radius 2 is 0.949 bits per heavy atom. The number of piperidine rings is 2. The third-order valence-electron chi connectivity index (χ3n) is 21.2. The van der Waals surface area contributed by atoms with Crippen molar-refractivity contribution in [2.75, 3.05) is 0 Å². The maximum Gasteiger partial charge on any atom is 0.217 e. The summed E-state index contributed by atoms with van der Waals surface area (Å²) in [5.74, 6) is 8.21. The average molecular weight is 791 g/mol. The minimum absolute atomic E-state index is 0.0846. The van der Waals surface area contributed by atoms with Crippen LogP contribution in [0, 0.1) is 35.5 Å². The quantitative estimate of drug-likeness (QED) is 0.290. The van der Waals surface area contributed by atoms with Gasteiger partial charge < -0.3 is 9.47 Å². The minimum atomic E-state index is 0.0846. The molecule has 18 atom stereocenters. The van der Waals surface area contributed by atoms with E-state index in [1.165, 1.54) is 99.1 Å². The van der Waals surface area contributed by atoms with Crippen molar-refractivity contribution in [3.63, 3.8) is 0 Å². The van der Waals surface area contributed by atoms with Gasteiger partial charge in [0.05, 0.1) is 24.4 Å². The van der Waals surface area contributed by atoms with Crippen molar-refractivity contribution in [1.82, 2.24) is 9.80 Å². The molecule has 312 valence electrons. The molecule has 0 amide bonds. The molecule has 6 heteroatoms. The van der Waals surface area contributed by atoms with Crippen molar-refractivity contribution < 1.29 is 9.47 Å². The molecule has 0 radical (unpaired) electrons. The number of hydrogen-bond donors (Lipinski definition) is 0. The molecule has 2 aromatic carbocycles. The number of benzene rings is 2. The van der Waals surface area contributed by atoms with Crippen molar-refractivity contribution in [1.29, 1.82) is 0 Å². The predicted octanol–water partition coefficient (Wildman–Crippen LogP) is 9.12. The van der Waals surface area contributed by atoms with Crippen LogP contribution in [0.2, 0.25) is 23.3 Å². The first-order valence-electron chi connectivity index (χ1n) is 25.6. The Labute approximate surface area is 357 Å². The van der Waals surface area contributed by atoms with Gasteiger partial charge in [0.15, 0.2) is 6.71 Å². The Bertz CT molecular complexity index is 1890. The summed E-state index contributed by atoms with van der Waals surface area (Å²) in [7, 11) is 0. The fourth-order valence-corrected chi connectivity index (χ4v) is 19.7. The minimum Gasteiger partial charge on any atom is -0.372 e. The largest absolute Gasteiger partial charge is 0.372 e. The van der Waals surface area contributed by atoms with Crippen molar-refractivity contribution in [3.8, 4) is 0 Å². The van der Waals surface area contributed by atoms with Crippen LogP contribution in [-0.2, 0) is 20.3 Å². The molecule has 12 aliphatic rings. The second kappa shape index (κ2) is 12.6. The van der Waals surface area contributed by atoms with Crippen LogP contribution < -0.4 is 10.9 Å². The van der Waals surface area contributed by atoms with E-state index >= 15 is 0 Å². The molecule has 14 rings (SSSR count). The van der Waals surface area contributed by atoms with Gasteiger partial charge in [-0.2, -0.15) is 0 Å². The van der Waals surface area contributed by atoms with Crippen LogP contribution in [0.5, 0.6) is 0 Å². The summed E-state index contributed by atoms with van der Waals surface area (Å²) in [5, 5.41) is 0. The van der Waals surface area contributed by atoms with E-state index in [-0.39, 0.29) is 35.6 Å². The molecule has 0 bridgehead atoms. The van der Waals surface area contributed by atoms with Gasteiger partial charge in [0.1, 0.15) is 0 Å². The van der Waals surface area contributed by atoms with E-state index < -0.39 is 0 Å². The van der Waals surface area contributed by atoms with Crippen molar-refractivity contribution in [2.45, 2.75) is 220 Å². The van der Waals surface area contributed by atoms with Crippen LogP contribution >= 0.6 is 0 Å². The highest BCUT2D eigenvalue weighted by Gasteiger charge is 2.78. The molecule has 5 saturated carbocycles. The molecule has 5 aliphatic carbocycles. The van der Waals surface area contributed by atoms with Gasteiger partial charge in [-0.05, 0) is 133 Å². The third kappa shape index (κ3) is 4.91. The molecule has 59 heavy (non-hydrogen) atoms. The molecule has 0 N–H and O–H groups in total. The predicted molar refractivity (Wildman–Crippen MR) is 241 cm³/mol. The maximum absolute atomic E-state index is 8.19. The molecular weight excluding hydrogens is 718 g/mol. The third-order valence-corrected chi connectivity index (χ3v) is 21.2. The normalized spacial score (nSPS) is 49.7. The van der Waals surface area contributed by atoms with Crippen LogP contribution in [0.3, 0.4) is 0 Å². The van der Waals surface area contributed by atoms with E-state index in [0.717, 1.165) is 65.9 Å². The van der Waals surface area contributed by atoms with Crippen molar-refractivity contribution in [3.05, 3.63) is 59.7 Å². The molecular formula is C53H72B2N2O2. The fourth-order valence-electron chi connectivity index (χ4n) is 19.7. The molecule has 4 nitrogen and oxygen atoms in total. The number of ether oxygens (including phenoxy) is 2. The van der Waals surface area contributed by atoms with Gasteiger partial charge in [-0.3, -0.25) is 9.80 Å². The number of morpholine rings is 2. The zero-order chi connectivity index (χ0) is 39.4. The molecule has 7 saturated heterocycles. The fraction of sp³-hybridized carbons (Fsp3) is 0.774. The summed E-state index contributed by atoms with van der Waals surface area (Å²) in [6, 6.07) is 23.9. The Balaban J connectivity index is 1.03. The molecule has 12 fully saturated rings. The maximum atomic E-state index is 8.19. The lowest BCUT2D eigenvalue weighted by Crippen LogP contribution is -2.88. The lowest BCUT2D eigenvalue weighted by Gasteiger charge is -2.80. The van der Waals surface area contributed by atoms with Crippen molar-refractivity contribution >= 4 is 24.4 Å². The first kappa shape index (κ1) is 36.8. The highest BCUT2D eigenvalue weighted by Crippen LogP contribution is 2.74. The molecule has 0 spiro atoms. The molecule has 7 heterocycles. The lowest BCUT2D eigenvalue weighted by atomic mass is 9.12. The van der Waals surface area contributed by atoms with Crippen LogP contribution in [0.25, 0.3) is 0 Å². The van der Waals surface area contributed by atoms with Crippen LogP contribution in [0.4, 0.5) is 0 Å². The number of rotatable bonds is 3. The number of hydrogen-bond acceptors (Lipinski definition) is 4. The van der Waals surface area contributed by atoms with E-state index in [1.807, 2.05) is 0 Å². The topological polar surface area (TPSA) is 24.9 Å². The second-order valence-corrected chi connectivity index (χ2v) is 25.5. The van der Waals surface area contributed by atoms with E-state index in [1.54, 1.807) is 6.42 Å². The van der Waals surface area contributed by atoms with E-state index in [0.29, 0.717) is 42.2 Å². The standard InChI is InChI=1S/C53H72B2N2O2/c1-52(2,3)34-13-9-15-36(26-34)54(37-16-10-14-35(27-37)53(4,5)6)43-50-48-42-49-51(43)59-39-18-8-12-31-25-33-22-20-29-23-28-19-21-32-24-30-11-7-17-38(58-50)44(30)56(48)46(32)40(28)55(42)41(29)47(33)57(49)45(31)39/h9-10,13-16,26-33,38-51H,7-8,11-12,17-25H2,1-6H3. The van der Waals surface area contributed by atoms with Gasteiger partial charge in [-0.1, -0.05) is 127 Å². The number of nitrogens with zero attached hydrogens (tertiary/aromatic N) is 2. The van der Waals surface area contributed by atoms with Gasteiger partial charge in [-0.15, -0.1) is 0 Å². The first-order valence-corrected chi connectivity index (χ1v) is 25.6. The molecule has 0 aromatic heterocycles. The Morgan fingerprint density at radius 3 is 1.42 bits per heavy atom. The van der Waals surface area contributed by atoms with Gasteiger partial charge in [-0.25, -0.2) is 0 Å². The van der Waals surface area contributed by atoms with Crippen LogP contribution in [0.15, 0.2) is 48.5 Å². The van der Waals surface area contributed by atoms with Crippen LogP contribution in [0.1, 0.15) is 136 Å². The lowest BCUT2D eigenvalue weighted by molar-refractivity contribution is -0.290. The van der Waals surface area contributed by atoms with Gasteiger partial charge >= 0.3 is 0 Å². The van der Waals surface area contributed by atoms with E-state index in [2.05, 4.69) is 99.9 Å². The van der Waals surface area contributed by atoms with Crippen molar-refractivity contribution in [2.24, 2.45) is 35.5 Å². The smallest absolute Gasteiger partial charge is 0.217 e. The first-order chi connectivity index (χ1) is 28.5. The van der Waals surface area contributed by atoms with Crippen LogP contribution in [-0.4, -0.2) is 83.9 Å². The summed E-state index contributed by atoms with van der Waals surface area (Å²) < 4.78 is 16.4. The summed E-state index contributed by atoms with van der Waals surface area (Å²) >= 11 is 0. The van der Waals surface area contributed by atoms with E-state index in [9.17, 15) is 0 Å². The highest BCUT2D eigenvalue weighted by molar-refractivity contribution is 6.86. The SMILES string of the molecule is CC(C)(C)c1cccc(B(c2cccc(C(C)(C)C)c2)C2C3OC4CCCC5CC6CCC7CC8CCC9CC%10CCCC%11OC2C2C%12B(C7C6N(C54)C3%12)C8C9N2C%10%11)c1. The Morgan fingerprint density at radius 1 is 0.508 bits per heavy atom. The Kier molecular flexibility index (Phi) is 7.85. The van der Waals surface area contributed by atoms with E-state index in [4.69, 9.17) is 9.47 Å². The molecule has 2 aromatic rings. The monoisotopic (exact) mass is 791 g/mol. The molecule has 7 aliphatic heterocycles. The van der Waals surface area contributed by atoms with Gasteiger partial charge in [0, 0.05) is 42.1 Å². The average Bonchev–Trinajstić information content (AvgIpc) is 3.23. The van der Waals surface area contributed by atoms with Gasteiger partial charge in [0.2, 0.25) is 6.71 Å². The zero-order valence-corrected chi connectivity index (χ0v) is 37.2. The van der Waals surface area contributed by atoms with Gasteiger partial charge in [0.25, 0.3) is 0 Å². The summed E-state index contributed by atoms with van der Waals surface area (Å²) in [6.07, 6.45) is 20.0. The zero-order valence-electron chi connectivity index (χ0n) is 37.2. The molecule has 18 unspecified atom stereocenters. The second-order valence-electron chi connectivity index (χ2n) is 25.5. The Hall–Kier alpha value is -1.59. The summed E-state index contributed by atoms with van der Waals surface area (Å²) in [4.78, 5) is 6.86. The summed E-state index contributed by atoms with van der Waals surface area (Å²) in [5.41, 5.74) is 6.11. The summed E-state index contributed by atoms with van der Waals surface area (Å²) in [6.45, 7) is 15.6. The highest BCUT2D eigenvalue weighted by atomic mass is 16.5.